The second kappa shape index (κ2) is 8.23. The van der Waals surface area contributed by atoms with E-state index in [1.165, 1.54) is 17.3 Å². The smallest absolute Gasteiger partial charge is 0.234 e. The van der Waals surface area contributed by atoms with Crippen LogP contribution in [0.5, 0.6) is 0 Å². The van der Waals surface area contributed by atoms with Crippen molar-refractivity contribution < 1.29 is 9.90 Å². The van der Waals surface area contributed by atoms with Gasteiger partial charge in [-0.15, -0.1) is 11.8 Å². The average Bonchev–Trinajstić information content (AvgIpc) is 2.38. The van der Waals surface area contributed by atoms with Gasteiger partial charge in [0.2, 0.25) is 5.91 Å². The minimum absolute atomic E-state index is 0.0271. The lowest BCUT2D eigenvalue weighted by atomic mass is 10.1. The standard InChI is InChI=1S/C15H23NO2S/c1-4-5-13-6-8-14(9-7-13)16-15(18)10-19-12(3)11(2)17/h6-9,11-12,17H,4-5,10H2,1-3H3,(H,16,18). The number of hydrogen-bond donors (Lipinski definition) is 2. The maximum atomic E-state index is 11.7. The van der Waals surface area contributed by atoms with Gasteiger partial charge in [0.1, 0.15) is 0 Å². The highest BCUT2D eigenvalue weighted by Crippen LogP contribution is 2.15. The van der Waals surface area contributed by atoms with E-state index < -0.39 is 6.10 Å². The molecule has 0 saturated heterocycles. The summed E-state index contributed by atoms with van der Waals surface area (Å²) in [4.78, 5) is 11.7. The van der Waals surface area contributed by atoms with E-state index in [2.05, 4.69) is 12.2 Å². The number of aliphatic hydroxyl groups is 1. The molecular formula is C15H23NO2S. The minimum Gasteiger partial charge on any atom is -0.392 e. The van der Waals surface area contributed by atoms with Gasteiger partial charge in [0.15, 0.2) is 0 Å². The summed E-state index contributed by atoms with van der Waals surface area (Å²) in [7, 11) is 0. The lowest BCUT2D eigenvalue weighted by Crippen LogP contribution is -2.20. The number of aliphatic hydroxyl groups excluding tert-OH is 1. The van der Waals surface area contributed by atoms with E-state index in [0.29, 0.717) is 5.75 Å². The Morgan fingerprint density at radius 2 is 1.95 bits per heavy atom. The number of anilines is 1. The lowest BCUT2D eigenvalue weighted by molar-refractivity contribution is -0.113. The van der Waals surface area contributed by atoms with Crippen molar-refractivity contribution in [1.82, 2.24) is 0 Å². The topological polar surface area (TPSA) is 49.3 Å². The molecule has 106 valence electrons. The third-order valence-corrected chi connectivity index (χ3v) is 4.28. The van der Waals surface area contributed by atoms with Crippen molar-refractivity contribution in [3.05, 3.63) is 29.8 Å². The monoisotopic (exact) mass is 281 g/mol. The number of amides is 1. The molecule has 1 aromatic rings. The zero-order valence-electron chi connectivity index (χ0n) is 11.8. The summed E-state index contributed by atoms with van der Waals surface area (Å²) >= 11 is 1.46. The van der Waals surface area contributed by atoms with Crippen LogP contribution < -0.4 is 5.32 Å². The van der Waals surface area contributed by atoms with Gasteiger partial charge in [-0.3, -0.25) is 4.79 Å². The van der Waals surface area contributed by atoms with Gasteiger partial charge in [-0.2, -0.15) is 0 Å². The van der Waals surface area contributed by atoms with Gasteiger partial charge in [-0.1, -0.05) is 32.4 Å². The fraction of sp³-hybridized carbons (Fsp3) is 0.533. The molecule has 2 N–H and O–H groups in total. The van der Waals surface area contributed by atoms with Crippen molar-refractivity contribution in [3.63, 3.8) is 0 Å². The highest BCUT2D eigenvalue weighted by molar-refractivity contribution is 8.00. The van der Waals surface area contributed by atoms with Crippen molar-refractivity contribution in [2.75, 3.05) is 11.1 Å². The van der Waals surface area contributed by atoms with Crippen LogP contribution in [0.25, 0.3) is 0 Å². The summed E-state index contributed by atoms with van der Waals surface area (Å²) in [6.45, 7) is 5.81. The summed E-state index contributed by atoms with van der Waals surface area (Å²) in [6.07, 6.45) is 1.79. The van der Waals surface area contributed by atoms with E-state index in [1.54, 1.807) is 6.92 Å². The van der Waals surface area contributed by atoms with Crippen molar-refractivity contribution in [2.45, 2.75) is 45.0 Å². The van der Waals surface area contributed by atoms with Crippen LogP contribution >= 0.6 is 11.8 Å². The first-order valence-electron chi connectivity index (χ1n) is 6.71. The molecule has 0 aliphatic heterocycles. The molecule has 0 fully saturated rings. The summed E-state index contributed by atoms with van der Waals surface area (Å²) < 4.78 is 0. The Kier molecular flexibility index (Phi) is 6.95. The van der Waals surface area contributed by atoms with Gasteiger partial charge in [0.25, 0.3) is 0 Å². The van der Waals surface area contributed by atoms with E-state index in [1.807, 2.05) is 31.2 Å². The number of benzene rings is 1. The highest BCUT2D eigenvalue weighted by Gasteiger charge is 2.11. The molecule has 0 aliphatic rings. The predicted octanol–water partition coefficient (Wildman–Crippen LogP) is 3.08. The second-order valence-corrected chi connectivity index (χ2v) is 6.12. The average molecular weight is 281 g/mol. The third kappa shape index (κ3) is 6.12. The molecule has 1 rings (SSSR count). The molecule has 1 amide bonds. The third-order valence-electron chi connectivity index (χ3n) is 2.93. The minimum atomic E-state index is -0.397. The Morgan fingerprint density at radius 1 is 1.32 bits per heavy atom. The fourth-order valence-corrected chi connectivity index (χ4v) is 2.35. The first kappa shape index (κ1) is 16.1. The Hall–Kier alpha value is -1.00. The van der Waals surface area contributed by atoms with E-state index in [-0.39, 0.29) is 11.2 Å². The summed E-state index contributed by atoms with van der Waals surface area (Å²) in [5, 5.41) is 12.3. The molecule has 0 aliphatic carbocycles. The first-order chi connectivity index (χ1) is 9.02. The highest BCUT2D eigenvalue weighted by atomic mass is 32.2. The van der Waals surface area contributed by atoms with E-state index in [0.717, 1.165) is 18.5 Å². The van der Waals surface area contributed by atoms with Gasteiger partial charge < -0.3 is 10.4 Å². The van der Waals surface area contributed by atoms with Crippen LogP contribution in [0.1, 0.15) is 32.8 Å². The van der Waals surface area contributed by atoms with Gasteiger partial charge in [-0.25, -0.2) is 0 Å². The molecule has 0 bridgehead atoms. The van der Waals surface area contributed by atoms with Crippen molar-refractivity contribution >= 4 is 23.4 Å². The van der Waals surface area contributed by atoms with E-state index in [9.17, 15) is 9.90 Å². The van der Waals surface area contributed by atoms with Crippen LogP contribution in [0, 0.1) is 0 Å². The summed E-state index contributed by atoms with van der Waals surface area (Å²) in [5.41, 5.74) is 2.12. The molecule has 0 spiro atoms. The molecule has 1 aromatic carbocycles. The van der Waals surface area contributed by atoms with E-state index >= 15 is 0 Å². The Morgan fingerprint density at radius 3 is 2.47 bits per heavy atom. The molecule has 0 saturated carbocycles. The predicted molar refractivity (Wildman–Crippen MR) is 82.7 cm³/mol. The number of nitrogens with one attached hydrogen (secondary N) is 1. The van der Waals surface area contributed by atoms with Gasteiger partial charge in [0.05, 0.1) is 11.9 Å². The van der Waals surface area contributed by atoms with Gasteiger partial charge in [0, 0.05) is 10.9 Å². The first-order valence-corrected chi connectivity index (χ1v) is 7.76. The van der Waals surface area contributed by atoms with Crippen molar-refractivity contribution in [3.8, 4) is 0 Å². The molecule has 4 heteroatoms. The Balaban J connectivity index is 2.39. The van der Waals surface area contributed by atoms with Crippen LogP contribution in [0.2, 0.25) is 0 Å². The number of hydrogen-bond acceptors (Lipinski definition) is 3. The largest absolute Gasteiger partial charge is 0.392 e. The SMILES string of the molecule is CCCc1ccc(NC(=O)CSC(C)C(C)O)cc1. The number of thioether (sulfide) groups is 1. The van der Waals surface area contributed by atoms with Crippen LogP contribution in [-0.2, 0) is 11.2 Å². The van der Waals surface area contributed by atoms with Gasteiger partial charge >= 0.3 is 0 Å². The van der Waals surface area contributed by atoms with Crippen LogP contribution in [0.4, 0.5) is 5.69 Å². The maximum absolute atomic E-state index is 11.7. The zero-order valence-corrected chi connectivity index (χ0v) is 12.7. The van der Waals surface area contributed by atoms with Crippen molar-refractivity contribution in [2.24, 2.45) is 0 Å². The molecule has 0 radical (unpaired) electrons. The molecule has 2 unspecified atom stereocenters. The molecule has 3 nitrogen and oxygen atoms in total. The van der Waals surface area contributed by atoms with Crippen molar-refractivity contribution in [1.29, 1.82) is 0 Å². The normalized spacial score (nSPS) is 13.9. The zero-order chi connectivity index (χ0) is 14.3. The lowest BCUT2D eigenvalue weighted by Gasteiger charge is -2.13. The van der Waals surface area contributed by atoms with E-state index in [4.69, 9.17) is 0 Å². The number of carbonyl (C=O) groups excluding carboxylic acids is 1. The van der Waals surface area contributed by atoms with Crippen LogP contribution in [0.15, 0.2) is 24.3 Å². The second-order valence-electron chi connectivity index (χ2n) is 4.75. The number of rotatable bonds is 7. The Bertz CT molecular complexity index is 390. The van der Waals surface area contributed by atoms with Gasteiger partial charge in [-0.05, 0) is 31.0 Å². The van der Waals surface area contributed by atoms with Crippen LogP contribution in [-0.4, -0.2) is 28.1 Å². The molecule has 0 aromatic heterocycles. The molecule has 19 heavy (non-hydrogen) atoms. The maximum Gasteiger partial charge on any atom is 0.234 e. The molecule has 0 heterocycles. The molecular weight excluding hydrogens is 258 g/mol. The summed E-state index contributed by atoms with van der Waals surface area (Å²) in [5.74, 6) is 0.337. The van der Waals surface area contributed by atoms with Crippen LogP contribution in [0.3, 0.4) is 0 Å². The quantitative estimate of drug-likeness (QED) is 0.807. The molecule has 2 atom stereocenters. The number of aryl methyl sites for hydroxylation is 1. The summed E-state index contributed by atoms with van der Waals surface area (Å²) in [6, 6.07) is 7.96. The fourth-order valence-electron chi connectivity index (χ4n) is 1.59. The number of carbonyl (C=O) groups is 1. The Labute approximate surface area is 119 Å².